The van der Waals surface area contributed by atoms with Crippen LogP contribution in [-0.2, 0) is 9.59 Å². The molecule has 0 aromatic heterocycles. The number of hydrogen-bond acceptors (Lipinski definition) is 5. The Hall–Kier alpha value is -3.42. The highest BCUT2D eigenvalue weighted by atomic mass is 35.5. The Bertz CT molecular complexity index is 1390. The summed E-state index contributed by atoms with van der Waals surface area (Å²) < 4.78 is 0. The number of nitrogens with zero attached hydrogens (tertiary/aromatic N) is 3. The van der Waals surface area contributed by atoms with E-state index in [1.54, 1.807) is 5.01 Å². The summed E-state index contributed by atoms with van der Waals surface area (Å²) in [5.41, 5.74) is 5.76. The monoisotopic (exact) mass is 516 g/mol. The van der Waals surface area contributed by atoms with E-state index in [-0.39, 0.29) is 24.3 Å². The highest BCUT2D eigenvalue weighted by molar-refractivity contribution is 8.15. The number of aliphatic imine (C=N–C) groups is 1. The molecule has 0 aliphatic carbocycles. The molecule has 2 aliphatic heterocycles. The van der Waals surface area contributed by atoms with Crippen LogP contribution in [0.4, 0.5) is 5.69 Å². The predicted molar refractivity (Wildman–Crippen MR) is 147 cm³/mol. The van der Waals surface area contributed by atoms with Crippen LogP contribution in [0.15, 0.2) is 82.9 Å². The first kappa shape index (κ1) is 24.3. The third-order valence-electron chi connectivity index (χ3n) is 6.16. The van der Waals surface area contributed by atoms with Crippen LogP contribution in [0.2, 0.25) is 5.02 Å². The largest absolute Gasteiger partial charge is 0.326 e. The summed E-state index contributed by atoms with van der Waals surface area (Å²) in [6, 6.07) is 23.2. The van der Waals surface area contributed by atoms with Crippen molar-refractivity contribution in [2.75, 3.05) is 5.32 Å². The average Bonchev–Trinajstić information content (AvgIpc) is 3.44. The molecule has 3 aromatic carbocycles. The molecule has 0 saturated heterocycles. The van der Waals surface area contributed by atoms with Crippen molar-refractivity contribution in [2.45, 2.75) is 38.0 Å². The van der Waals surface area contributed by atoms with Gasteiger partial charge in [-0.3, -0.25) is 9.59 Å². The van der Waals surface area contributed by atoms with Gasteiger partial charge in [0.15, 0.2) is 5.17 Å². The molecule has 8 heteroatoms. The lowest BCUT2D eigenvalue weighted by atomic mass is 9.98. The first-order valence-corrected chi connectivity index (χ1v) is 13.0. The summed E-state index contributed by atoms with van der Waals surface area (Å²) in [7, 11) is 0. The van der Waals surface area contributed by atoms with Crippen LogP contribution in [0, 0.1) is 13.8 Å². The molecule has 1 N–H and O–H groups in total. The smallest absolute Gasteiger partial charge is 0.262 e. The molecule has 2 aliphatic rings. The molecule has 2 heterocycles. The maximum Gasteiger partial charge on any atom is 0.262 e. The minimum atomic E-state index is -0.602. The van der Waals surface area contributed by atoms with Crippen LogP contribution in [0.5, 0.6) is 0 Å². The van der Waals surface area contributed by atoms with Crippen molar-refractivity contribution in [1.82, 2.24) is 5.01 Å². The number of halogens is 1. The minimum Gasteiger partial charge on any atom is -0.326 e. The maximum atomic E-state index is 12.8. The van der Waals surface area contributed by atoms with Gasteiger partial charge in [-0.15, -0.1) is 0 Å². The summed E-state index contributed by atoms with van der Waals surface area (Å²) in [6.45, 7) is 4.01. The summed E-state index contributed by atoms with van der Waals surface area (Å²) in [5.74, 6) is -0.554. The number of thioether (sulfide) groups is 1. The molecule has 0 saturated carbocycles. The van der Waals surface area contributed by atoms with Gasteiger partial charge in [0.2, 0.25) is 5.91 Å². The van der Waals surface area contributed by atoms with Crippen LogP contribution < -0.4 is 5.32 Å². The molecular weight excluding hydrogens is 492 g/mol. The number of rotatable bonds is 5. The number of hydrogen-bond donors (Lipinski definition) is 1. The Kier molecular flexibility index (Phi) is 6.94. The summed E-state index contributed by atoms with van der Waals surface area (Å²) in [6.07, 6.45) is 0.655. The predicted octanol–water partition coefficient (Wildman–Crippen LogP) is 6.13. The van der Waals surface area contributed by atoms with Crippen LogP contribution in [0.3, 0.4) is 0 Å². The number of amidine groups is 1. The molecule has 6 nitrogen and oxygen atoms in total. The topological polar surface area (TPSA) is 74.1 Å². The Labute approximate surface area is 219 Å². The Morgan fingerprint density at radius 2 is 1.83 bits per heavy atom. The molecule has 5 rings (SSSR count). The van der Waals surface area contributed by atoms with Crippen molar-refractivity contribution >= 4 is 51.7 Å². The number of nitrogens with one attached hydrogen (secondary N) is 1. The summed E-state index contributed by atoms with van der Waals surface area (Å²) in [5, 5.41) is 10.1. The standard InChI is InChI=1S/C28H25ClN4O2S/c1-17-10-12-19(13-11-17)23-15-24(21-8-3-4-9-22(21)29)33(32-23)28-31-27(35)25(36-28)16-26(34)30-20-7-5-6-18(2)14-20/h3-14,24-25H,15-16H2,1-2H3,(H,30,34)/t24-,25-/m1/s1. The zero-order chi connectivity index (χ0) is 25.2. The lowest BCUT2D eigenvalue weighted by Crippen LogP contribution is -2.25. The quantitative estimate of drug-likeness (QED) is 0.442. The van der Waals surface area contributed by atoms with E-state index in [0.717, 1.165) is 22.4 Å². The molecule has 2 amide bonds. The minimum absolute atomic E-state index is 0.0313. The molecule has 3 aromatic rings. The van der Waals surface area contributed by atoms with Gasteiger partial charge in [0.1, 0.15) is 5.25 Å². The van der Waals surface area contributed by atoms with E-state index in [9.17, 15) is 9.59 Å². The van der Waals surface area contributed by atoms with E-state index < -0.39 is 5.25 Å². The van der Waals surface area contributed by atoms with Crippen molar-refractivity contribution in [1.29, 1.82) is 0 Å². The lowest BCUT2D eigenvalue weighted by molar-refractivity contribution is -0.121. The zero-order valence-corrected chi connectivity index (χ0v) is 21.5. The highest BCUT2D eigenvalue weighted by Gasteiger charge is 2.39. The van der Waals surface area contributed by atoms with E-state index in [1.165, 1.54) is 17.3 Å². The Balaban J connectivity index is 1.36. The molecule has 0 fully saturated rings. The average molecular weight is 517 g/mol. The number of carbonyl (C=O) groups excluding carboxylic acids is 2. The number of anilines is 1. The first-order chi connectivity index (χ1) is 17.4. The summed E-state index contributed by atoms with van der Waals surface area (Å²) in [4.78, 5) is 29.8. The van der Waals surface area contributed by atoms with Crippen LogP contribution in [0.25, 0.3) is 0 Å². The van der Waals surface area contributed by atoms with Crippen molar-refractivity contribution in [2.24, 2.45) is 10.1 Å². The van der Waals surface area contributed by atoms with Gasteiger partial charge in [0.05, 0.1) is 11.8 Å². The molecule has 36 heavy (non-hydrogen) atoms. The summed E-state index contributed by atoms with van der Waals surface area (Å²) >= 11 is 7.84. The second kappa shape index (κ2) is 10.3. The zero-order valence-electron chi connectivity index (χ0n) is 19.9. The van der Waals surface area contributed by atoms with E-state index in [1.807, 2.05) is 62.4 Å². The molecule has 0 unspecified atom stereocenters. The van der Waals surface area contributed by atoms with Gasteiger partial charge in [0.25, 0.3) is 5.91 Å². The van der Waals surface area contributed by atoms with Gasteiger partial charge in [-0.1, -0.05) is 83.5 Å². The van der Waals surface area contributed by atoms with Crippen LogP contribution >= 0.6 is 23.4 Å². The molecular formula is C28H25ClN4O2S. The molecule has 2 atom stereocenters. The number of carbonyl (C=O) groups is 2. The maximum absolute atomic E-state index is 12.8. The van der Waals surface area contributed by atoms with Gasteiger partial charge in [-0.2, -0.15) is 10.1 Å². The van der Waals surface area contributed by atoms with E-state index in [0.29, 0.717) is 22.3 Å². The number of benzene rings is 3. The SMILES string of the molecule is Cc1ccc(C2=NN(C3=NC(=O)[C@@H](CC(=O)Nc4cccc(C)c4)S3)[C@@H](c3ccccc3Cl)C2)cc1. The fourth-order valence-electron chi connectivity index (χ4n) is 4.30. The molecule has 182 valence electrons. The van der Waals surface area contributed by atoms with Gasteiger partial charge in [-0.05, 0) is 48.7 Å². The van der Waals surface area contributed by atoms with Crippen molar-refractivity contribution in [3.05, 3.63) is 100 Å². The number of hydrazone groups is 1. The van der Waals surface area contributed by atoms with Gasteiger partial charge >= 0.3 is 0 Å². The first-order valence-electron chi connectivity index (χ1n) is 11.7. The number of aryl methyl sites for hydroxylation is 2. The lowest BCUT2D eigenvalue weighted by Gasteiger charge is -2.23. The third-order valence-corrected chi connectivity index (χ3v) is 7.64. The highest BCUT2D eigenvalue weighted by Crippen LogP contribution is 2.40. The molecule has 0 bridgehead atoms. The molecule has 0 spiro atoms. The van der Waals surface area contributed by atoms with Gasteiger partial charge in [0, 0.05) is 23.6 Å². The van der Waals surface area contributed by atoms with E-state index in [4.69, 9.17) is 16.7 Å². The van der Waals surface area contributed by atoms with E-state index in [2.05, 4.69) is 34.6 Å². The van der Waals surface area contributed by atoms with Gasteiger partial charge < -0.3 is 5.32 Å². The normalized spacial score (nSPS) is 19.3. The second-order valence-electron chi connectivity index (χ2n) is 8.96. The fourth-order valence-corrected chi connectivity index (χ4v) is 5.63. The Morgan fingerprint density at radius 3 is 2.58 bits per heavy atom. The molecule has 0 radical (unpaired) electrons. The fraction of sp³-hybridized carbons (Fsp3) is 0.214. The van der Waals surface area contributed by atoms with Crippen molar-refractivity contribution in [3.8, 4) is 0 Å². The van der Waals surface area contributed by atoms with Crippen molar-refractivity contribution in [3.63, 3.8) is 0 Å². The third kappa shape index (κ3) is 5.22. The van der Waals surface area contributed by atoms with Crippen LogP contribution in [0.1, 0.15) is 41.1 Å². The van der Waals surface area contributed by atoms with Crippen molar-refractivity contribution < 1.29 is 9.59 Å². The van der Waals surface area contributed by atoms with Crippen LogP contribution in [-0.4, -0.2) is 33.0 Å². The number of amides is 2. The van der Waals surface area contributed by atoms with Gasteiger partial charge in [-0.25, -0.2) is 5.01 Å². The Morgan fingerprint density at radius 1 is 1.06 bits per heavy atom. The van der Waals surface area contributed by atoms with E-state index >= 15 is 0 Å². The second-order valence-corrected chi connectivity index (χ2v) is 10.5.